The molecule has 0 saturated heterocycles. The molecule has 0 fully saturated rings. The smallest absolute Gasteiger partial charge is 0.277 e. The molecule has 3 aromatic rings. The predicted octanol–water partition coefficient (Wildman–Crippen LogP) is 5.09. The maximum Gasteiger partial charge on any atom is 0.277 e. The Morgan fingerprint density at radius 3 is 2.17 bits per heavy atom. The summed E-state index contributed by atoms with van der Waals surface area (Å²) in [6.45, 7) is 0. The van der Waals surface area contributed by atoms with Crippen LogP contribution in [0.2, 0.25) is 0 Å². The Balaban J connectivity index is 1.70. The molecule has 0 aliphatic heterocycles. The number of nitrogens with zero attached hydrogens (tertiary/aromatic N) is 1. The quantitative estimate of drug-likeness (QED) is 0.333. The number of anilines is 2. The largest absolute Gasteiger partial charge is 0.493 e. The molecule has 0 atom stereocenters. The Bertz CT molecular complexity index is 1040. The first-order chi connectivity index (χ1) is 14.0. The first-order valence-corrected chi connectivity index (χ1v) is 9.06. The van der Waals surface area contributed by atoms with Gasteiger partial charge in [-0.3, -0.25) is 10.1 Å². The summed E-state index contributed by atoms with van der Waals surface area (Å²) in [7, 11) is 3.14. The van der Waals surface area contributed by atoms with Gasteiger partial charge in [0.05, 0.1) is 24.7 Å². The number of hydrogen-bond acceptors (Lipinski definition) is 5. The highest BCUT2D eigenvalue weighted by atomic mass is 32.1. The van der Waals surface area contributed by atoms with E-state index in [-0.39, 0.29) is 10.6 Å². The lowest BCUT2D eigenvalue weighted by molar-refractivity contribution is -0.384. The van der Waals surface area contributed by atoms with E-state index in [1.54, 1.807) is 44.6 Å². The fourth-order valence-corrected chi connectivity index (χ4v) is 3.05. The van der Waals surface area contributed by atoms with Gasteiger partial charge in [0.2, 0.25) is 0 Å². The van der Waals surface area contributed by atoms with E-state index in [0.29, 0.717) is 22.2 Å². The molecular formula is C21H19N3O4S. The standard InChI is InChI=1S/C21H19N3O4S/c1-27-19-12-11-16(13-20(19)28-2)23-21(29)22-15-9-7-14(8-10-15)17-5-3-4-6-18(17)24(25)26/h3-13H,1-2H3,(H2,22,23,29). The maximum atomic E-state index is 11.2. The molecule has 0 unspecified atom stereocenters. The summed E-state index contributed by atoms with van der Waals surface area (Å²) < 4.78 is 10.5. The molecule has 148 valence electrons. The lowest BCUT2D eigenvalue weighted by atomic mass is 10.0. The van der Waals surface area contributed by atoms with Crippen molar-refractivity contribution in [1.82, 2.24) is 0 Å². The summed E-state index contributed by atoms with van der Waals surface area (Å²) in [6.07, 6.45) is 0. The highest BCUT2D eigenvalue weighted by Gasteiger charge is 2.14. The van der Waals surface area contributed by atoms with Crippen LogP contribution in [0, 0.1) is 10.1 Å². The predicted molar refractivity (Wildman–Crippen MR) is 118 cm³/mol. The van der Waals surface area contributed by atoms with Crippen LogP contribution in [0.1, 0.15) is 0 Å². The van der Waals surface area contributed by atoms with Gasteiger partial charge < -0.3 is 20.1 Å². The van der Waals surface area contributed by atoms with Crippen LogP contribution < -0.4 is 20.1 Å². The van der Waals surface area contributed by atoms with Crippen molar-refractivity contribution >= 4 is 34.4 Å². The van der Waals surface area contributed by atoms with Crippen LogP contribution in [0.25, 0.3) is 11.1 Å². The average Bonchev–Trinajstić information content (AvgIpc) is 2.74. The number of benzene rings is 3. The third kappa shape index (κ3) is 4.80. The lowest BCUT2D eigenvalue weighted by Gasteiger charge is -2.13. The van der Waals surface area contributed by atoms with Gasteiger partial charge in [0.15, 0.2) is 16.6 Å². The number of ether oxygens (including phenoxy) is 2. The van der Waals surface area contributed by atoms with Gasteiger partial charge in [-0.15, -0.1) is 0 Å². The Hall–Kier alpha value is -3.65. The van der Waals surface area contributed by atoms with Gasteiger partial charge in [-0.2, -0.15) is 0 Å². The summed E-state index contributed by atoms with van der Waals surface area (Å²) in [5.41, 5.74) is 2.89. The molecule has 29 heavy (non-hydrogen) atoms. The summed E-state index contributed by atoms with van der Waals surface area (Å²) in [4.78, 5) is 10.8. The number of thiocarbonyl (C=S) groups is 1. The Morgan fingerprint density at radius 1 is 0.897 bits per heavy atom. The Kier molecular flexibility index (Phi) is 6.25. The molecule has 3 rings (SSSR count). The lowest BCUT2D eigenvalue weighted by Crippen LogP contribution is -2.19. The van der Waals surface area contributed by atoms with Crippen molar-refractivity contribution in [3.8, 4) is 22.6 Å². The molecule has 7 nitrogen and oxygen atoms in total. The maximum absolute atomic E-state index is 11.2. The number of hydrogen-bond donors (Lipinski definition) is 2. The van der Waals surface area contributed by atoms with E-state index < -0.39 is 0 Å². The SMILES string of the molecule is COc1ccc(NC(=S)Nc2ccc(-c3ccccc3[N+](=O)[O-])cc2)cc1OC. The number of para-hydroxylation sites is 1. The molecule has 3 aromatic carbocycles. The van der Waals surface area contributed by atoms with Gasteiger partial charge in [-0.1, -0.05) is 24.3 Å². The zero-order valence-electron chi connectivity index (χ0n) is 15.8. The van der Waals surface area contributed by atoms with E-state index in [1.807, 2.05) is 30.3 Å². The molecule has 0 amide bonds. The fraction of sp³-hybridized carbons (Fsp3) is 0.0952. The van der Waals surface area contributed by atoms with E-state index >= 15 is 0 Å². The second-order valence-corrected chi connectivity index (χ2v) is 6.41. The third-order valence-corrected chi connectivity index (χ3v) is 4.40. The molecule has 0 heterocycles. The van der Waals surface area contributed by atoms with Crippen molar-refractivity contribution in [2.75, 3.05) is 24.9 Å². The Labute approximate surface area is 173 Å². The van der Waals surface area contributed by atoms with Crippen molar-refractivity contribution < 1.29 is 14.4 Å². The monoisotopic (exact) mass is 409 g/mol. The molecule has 0 spiro atoms. The van der Waals surface area contributed by atoms with Crippen molar-refractivity contribution in [2.45, 2.75) is 0 Å². The normalized spacial score (nSPS) is 10.1. The van der Waals surface area contributed by atoms with Crippen molar-refractivity contribution in [3.05, 3.63) is 76.8 Å². The molecule has 0 saturated carbocycles. The van der Waals surface area contributed by atoms with E-state index in [0.717, 1.165) is 16.9 Å². The zero-order valence-corrected chi connectivity index (χ0v) is 16.7. The van der Waals surface area contributed by atoms with Gasteiger partial charge in [0, 0.05) is 23.5 Å². The summed E-state index contributed by atoms with van der Waals surface area (Å²) in [5.74, 6) is 1.22. The second kappa shape index (κ2) is 9.03. The number of rotatable bonds is 6. The van der Waals surface area contributed by atoms with Gasteiger partial charge in [0.1, 0.15) is 0 Å². The first kappa shape index (κ1) is 20.1. The van der Waals surface area contributed by atoms with Crippen LogP contribution >= 0.6 is 12.2 Å². The van der Waals surface area contributed by atoms with Crippen LogP contribution in [0.4, 0.5) is 17.1 Å². The van der Waals surface area contributed by atoms with Gasteiger partial charge >= 0.3 is 0 Å². The molecule has 0 aromatic heterocycles. The van der Waals surface area contributed by atoms with Crippen molar-refractivity contribution in [3.63, 3.8) is 0 Å². The number of nitrogens with one attached hydrogen (secondary N) is 2. The third-order valence-electron chi connectivity index (χ3n) is 4.20. The highest BCUT2D eigenvalue weighted by molar-refractivity contribution is 7.80. The second-order valence-electron chi connectivity index (χ2n) is 6.00. The van der Waals surface area contributed by atoms with Crippen molar-refractivity contribution in [2.24, 2.45) is 0 Å². The van der Waals surface area contributed by atoms with E-state index in [2.05, 4.69) is 10.6 Å². The number of methoxy groups -OCH3 is 2. The molecular weight excluding hydrogens is 390 g/mol. The van der Waals surface area contributed by atoms with E-state index in [9.17, 15) is 10.1 Å². The number of nitro groups is 1. The van der Waals surface area contributed by atoms with Crippen LogP contribution in [0.5, 0.6) is 11.5 Å². The van der Waals surface area contributed by atoms with E-state index in [4.69, 9.17) is 21.7 Å². The van der Waals surface area contributed by atoms with Gasteiger partial charge in [0.25, 0.3) is 5.69 Å². The molecule has 0 aliphatic carbocycles. The average molecular weight is 409 g/mol. The minimum atomic E-state index is -0.385. The van der Waals surface area contributed by atoms with E-state index in [1.165, 1.54) is 6.07 Å². The minimum Gasteiger partial charge on any atom is -0.493 e. The zero-order chi connectivity index (χ0) is 20.8. The van der Waals surface area contributed by atoms with Crippen LogP contribution in [0.15, 0.2) is 66.7 Å². The van der Waals surface area contributed by atoms with Gasteiger partial charge in [-0.05, 0) is 48.1 Å². The Morgan fingerprint density at radius 2 is 1.52 bits per heavy atom. The molecule has 0 radical (unpaired) electrons. The minimum absolute atomic E-state index is 0.0684. The van der Waals surface area contributed by atoms with Crippen LogP contribution in [0.3, 0.4) is 0 Å². The van der Waals surface area contributed by atoms with Crippen LogP contribution in [-0.4, -0.2) is 24.3 Å². The highest BCUT2D eigenvalue weighted by Crippen LogP contribution is 2.31. The molecule has 0 bridgehead atoms. The molecule has 2 N–H and O–H groups in total. The van der Waals surface area contributed by atoms with Crippen molar-refractivity contribution in [1.29, 1.82) is 0 Å². The number of nitro benzene ring substituents is 1. The van der Waals surface area contributed by atoms with Gasteiger partial charge in [-0.25, -0.2) is 0 Å². The first-order valence-electron chi connectivity index (χ1n) is 8.65. The van der Waals surface area contributed by atoms with Crippen LogP contribution in [-0.2, 0) is 0 Å². The molecule has 8 heteroatoms. The molecule has 0 aliphatic rings. The summed E-state index contributed by atoms with van der Waals surface area (Å²) in [6, 6.07) is 19.3. The topological polar surface area (TPSA) is 85.7 Å². The summed E-state index contributed by atoms with van der Waals surface area (Å²) in [5, 5.41) is 17.8. The fourth-order valence-electron chi connectivity index (χ4n) is 2.82. The summed E-state index contributed by atoms with van der Waals surface area (Å²) >= 11 is 5.36.